The minimum absolute atomic E-state index is 0.0407. The van der Waals surface area contributed by atoms with Crippen molar-refractivity contribution >= 4 is 5.97 Å². The Bertz CT molecular complexity index is 273. The number of hydrogen-bond acceptors (Lipinski definition) is 2. The van der Waals surface area contributed by atoms with Crippen LogP contribution in [0.15, 0.2) is 12.7 Å². The fraction of sp³-hybridized carbons (Fsp3) is 0.842. The molecule has 1 aliphatic heterocycles. The molecular weight excluding hydrogens is 260 g/mol. The first kappa shape index (κ1) is 18.3. The predicted molar refractivity (Wildman–Crippen MR) is 89.3 cm³/mol. The Hall–Kier alpha value is -0.790. The Morgan fingerprint density at radius 2 is 1.19 bits per heavy atom. The lowest BCUT2D eigenvalue weighted by Gasteiger charge is -2.14. The van der Waals surface area contributed by atoms with Gasteiger partial charge in [-0.1, -0.05) is 83.3 Å². The zero-order valence-corrected chi connectivity index (χ0v) is 13.8. The summed E-state index contributed by atoms with van der Waals surface area (Å²) in [6.07, 6.45) is 20.0. The maximum atomic E-state index is 11.8. The summed E-state index contributed by atoms with van der Waals surface area (Å²) >= 11 is 0. The molecular formula is C19H34O2. The molecule has 1 heterocycles. The Kier molecular flexibility index (Phi) is 11.2. The van der Waals surface area contributed by atoms with Gasteiger partial charge in [0.2, 0.25) is 0 Å². The number of carbonyl (C=O) groups excluding carboxylic acids is 1. The summed E-state index contributed by atoms with van der Waals surface area (Å²) in [5.41, 5.74) is 0. The first-order chi connectivity index (χ1) is 10.3. The van der Waals surface area contributed by atoms with Gasteiger partial charge in [0.15, 0.2) is 0 Å². The molecule has 1 fully saturated rings. The van der Waals surface area contributed by atoms with Crippen LogP contribution >= 0.6 is 0 Å². The van der Waals surface area contributed by atoms with Crippen molar-refractivity contribution in [3.8, 4) is 0 Å². The number of hydrogen-bond donors (Lipinski definition) is 0. The standard InChI is InChI=1S/C19H34O2/c1-2-18-16-14-12-10-8-6-4-3-5-7-9-11-13-15-17-19(20)21-18/h2,18H,1,3-17H2/t18-/m0/s1. The summed E-state index contributed by atoms with van der Waals surface area (Å²) < 4.78 is 5.49. The second-order valence-corrected chi connectivity index (χ2v) is 6.40. The van der Waals surface area contributed by atoms with Crippen LogP contribution in [0.3, 0.4) is 0 Å². The van der Waals surface area contributed by atoms with Crippen molar-refractivity contribution in [1.82, 2.24) is 0 Å². The monoisotopic (exact) mass is 294 g/mol. The van der Waals surface area contributed by atoms with Crippen molar-refractivity contribution in [3.63, 3.8) is 0 Å². The van der Waals surface area contributed by atoms with Crippen LogP contribution in [-0.2, 0) is 9.53 Å². The number of cyclic esters (lactones) is 1. The number of rotatable bonds is 1. The smallest absolute Gasteiger partial charge is 0.306 e. The third kappa shape index (κ3) is 10.6. The minimum Gasteiger partial charge on any atom is -0.458 e. The molecule has 0 aromatic rings. The number of ether oxygens (including phenoxy) is 1. The van der Waals surface area contributed by atoms with Gasteiger partial charge in [0, 0.05) is 6.42 Å². The van der Waals surface area contributed by atoms with Crippen LogP contribution in [-0.4, -0.2) is 12.1 Å². The van der Waals surface area contributed by atoms with E-state index in [4.69, 9.17) is 4.74 Å². The van der Waals surface area contributed by atoms with Gasteiger partial charge in [-0.05, 0) is 19.3 Å². The third-order valence-corrected chi connectivity index (χ3v) is 4.42. The summed E-state index contributed by atoms with van der Waals surface area (Å²) in [6.45, 7) is 3.79. The highest BCUT2D eigenvalue weighted by atomic mass is 16.5. The van der Waals surface area contributed by atoms with Crippen LogP contribution in [0.5, 0.6) is 0 Å². The molecule has 1 atom stereocenters. The third-order valence-electron chi connectivity index (χ3n) is 4.42. The number of carbonyl (C=O) groups is 1. The molecule has 0 aliphatic carbocycles. The van der Waals surface area contributed by atoms with E-state index >= 15 is 0 Å². The van der Waals surface area contributed by atoms with Gasteiger partial charge in [-0.3, -0.25) is 4.79 Å². The topological polar surface area (TPSA) is 26.3 Å². The Balaban J connectivity index is 2.27. The van der Waals surface area contributed by atoms with Crippen molar-refractivity contribution in [3.05, 3.63) is 12.7 Å². The molecule has 0 saturated carbocycles. The van der Waals surface area contributed by atoms with Crippen LogP contribution in [0, 0.1) is 0 Å². The molecule has 0 radical (unpaired) electrons. The summed E-state index contributed by atoms with van der Waals surface area (Å²) in [7, 11) is 0. The zero-order chi connectivity index (χ0) is 15.2. The van der Waals surface area contributed by atoms with Gasteiger partial charge in [-0.15, -0.1) is 0 Å². The molecule has 21 heavy (non-hydrogen) atoms. The van der Waals surface area contributed by atoms with Gasteiger partial charge in [0.05, 0.1) is 0 Å². The average Bonchev–Trinajstić information content (AvgIpc) is 2.49. The quantitative estimate of drug-likeness (QED) is 0.441. The predicted octanol–water partition coefficient (Wildman–Crippen LogP) is 5.95. The lowest BCUT2D eigenvalue weighted by Crippen LogP contribution is -2.15. The van der Waals surface area contributed by atoms with Gasteiger partial charge < -0.3 is 4.74 Å². The highest BCUT2D eigenvalue weighted by molar-refractivity contribution is 5.69. The first-order valence-corrected chi connectivity index (χ1v) is 9.15. The van der Waals surface area contributed by atoms with Gasteiger partial charge in [0.25, 0.3) is 0 Å². The molecule has 0 aromatic heterocycles. The molecule has 1 aliphatic rings. The van der Waals surface area contributed by atoms with Gasteiger partial charge in [0.1, 0.15) is 6.10 Å². The zero-order valence-electron chi connectivity index (χ0n) is 13.8. The summed E-state index contributed by atoms with van der Waals surface area (Å²) in [6, 6.07) is 0. The van der Waals surface area contributed by atoms with E-state index in [1.807, 2.05) is 0 Å². The van der Waals surface area contributed by atoms with Crippen molar-refractivity contribution in [2.24, 2.45) is 0 Å². The highest BCUT2D eigenvalue weighted by Gasteiger charge is 2.10. The minimum atomic E-state index is -0.0728. The van der Waals surface area contributed by atoms with E-state index < -0.39 is 0 Å². The van der Waals surface area contributed by atoms with Gasteiger partial charge >= 0.3 is 5.97 Å². The van der Waals surface area contributed by atoms with Gasteiger partial charge in [-0.2, -0.15) is 0 Å². The summed E-state index contributed by atoms with van der Waals surface area (Å²) in [5.74, 6) is -0.0407. The lowest BCUT2D eigenvalue weighted by atomic mass is 10.0. The molecule has 0 aromatic carbocycles. The molecule has 0 bridgehead atoms. The molecule has 1 saturated heterocycles. The molecule has 0 spiro atoms. The Morgan fingerprint density at radius 1 is 0.762 bits per heavy atom. The largest absolute Gasteiger partial charge is 0.458 e. The van der Waals surface area contributed by atoms with Crippen LogP contribution < -0.4 is 0 Å². The van der Waals surface area contributed by atoms with Crippen molar-refractivity contribution in [1.29, 1.82) is 0 Å². The first-order valence-electron chi connectivity index (χ1n) is 9.15. The van der Waals surface area contributed by atoms with E-state index in [2.05, 4.69) is 6.58 Å². The lowest BCUT2D eigenvalue weighted by molar-refractivity contribution is -0.147. The second kappa shape index (κ2) is 12.9. The van der Waals surface area contributed by atoms with Crippen LogP contribution in [0.25, 0.3) is 0 Å². The summed E-state index contributed by atoms with van der Waals surface area (Å²) in [4.78, 5) is 11.8. The molecule has 2 heteroatoms. The number of esters is 1. The fourth-order valence-corrected chi connectivity index (χ4v) is 3.01. The van der Waals surface area contributed by atoms with E-state index in [1.165, 1.54) is 64.2 Å². The Labute approximate surface area is 131 Å². The highest BCUT2D eigenvalue weighted by Crippen LogP contribution is 2.16. The molecule has 2 nitrogen and oxygen atoms in total. The molecule has 122 valence electrons. The van der Waals surface area contributed by atoms with Gasteiger partial charge in [-0.25, -0.2) is 0 Å². The molecule has 1 rings (SSSR count). The van der Waals surface area contributed by atoms with E-state index in [1.54, 1.807) is 6.08 Å². The molecule has 0 amide bonds. The SMILES string of the molecule is C=C[C@H]1CCCCCCCCCCCCCCCC(=O)O1. The Morgan fingerprint density at radius 3 is 1.67 bits per heavy atom. The van der Waals surface area contributed by atoms with Crippen molar-refractivity contribution in [2.75, 3.05) is 0 Å². The van der Waals surface area contributed by atoms with E-state index in [-0.39, 0.29) is 12.1 Å². The van der Waals surface area contributed by atoms with Crippen molar-refractivity contribution in [2.45, 2.75) is 102 Å². The summed E-state index contributed by atoms with van der Waals surface area (Å²) in [5, 5.41) is 0. The maximum Gasteiger partial charge on any atom is 0.306 e. The van der Waals surface area contributed by atoms with E-state index in [0.717, 1.165) is 25.7 Å². The maximum absolute atomic E-state index is 11.8. The normalized spacial score (nSPS) is 25.3. The molecule has 0 N–H and O–H groups in total. The average molecular weight is 294 g/mol. The van der Waals surface area contributed by atoms with E-state index in [9.17, 15) is 4.79 Å². The van der Waals surface area contributed by atoms with E-state index in [0.29, 0.717) is 6.42 Å². The van der Waals surface area contributed by atoms with Crippen LogP contribution in [0.1, 0.15) is 96.3 Å². The molecule has 0 unspecified atom stereocenters. The second-order valence-electron chi connectivity index (χ2n) is 6.40. The van der Waals surface area contributed by atoms with Crippen molar-refractivity contribution < 1.29 is 9.53 Å². The fourth-order valence-electron chi connectivity index (χ4n) is 3.01. The van der Waals surface area contributed by atoms with Crippen LogP contribution in [0.2, 0.25) is 0 Å². The van der Waals surface area contributed by atoms with Crippen LogP contribution in [0.4, 0.5) is 0 Å².